The molecular formula is C25H21FN2O3. The van der Waals surface area contributed by atoms with E-state index in [1.54, 1.807) is 31.4 Å². The fourth-order valence-electron chi connectivity index (χ4n) is 3.48. The first-order valence-corrected chi connectivity index (χ1v) is 9.76. The third-order valence-corrected chi connectivity index (χ3v) is 5.30. The number of imide groups is 1. The van der Waals surface area contributed by atoms with Gasteiger partial charge in [-0.05, 0) is 66.9 Å². The van der Waals surface area contributed by atoms with Crippen molar-refractivity contribution in [1.29, 1.82) is 0 Å². The van der Waals surface area contributed by atoms with Gasteiger partial charge in [0.25, 0.3) is 11.8 Å². The molecule has 1 aliphatic heterocycles. The summed E-state index contributed by atoms with van der Waals surface area (Å²) >= 11 is 0. The van der Waals surface area contributed by atoms with Crippen LogP contribution in [-0.4, -0.2) is 18.9 Å². The quantitative estimate of drug-likeness (QED) is 0.604. The zero-order valence-electron chi connectivity index (χ0n) is 17.4. The van der Waals surface area contributed by atoms with Gasteiger partial charge >= 0.3 is 0 Å². The fraction of sp³-hybridized carbons (Fsp3) is 0.120. The number of benzene rings is 3. The summed E-state index contributed by atoms with van der Waals surface area (Å²) in [6.45, 7) is 3.93. The van der Waals surface area contributed by atoms with E-state index in [9.17, 15) is 14.0 Å². The van der Waals surface area contributed by atoms with Gasteiger partial charge in [0.1, 0.15) is 17.3 Å². The van der Waals surface area contributed by atoms with Gasteiger partial charge in [-0.2, -0.15) is 0 Å². The maximum absolute atomic E-state index is 13.4. The fourth-order valence-corrected chi connectivity index (χ4v) is 3.48. The van der Waals surface area contributed by atoms with Gasteiger partial charge in [-0.15, -0.1) is 0 Å². The van der Waals surface area contributed by atoms with Gasteiger partial charge in [-0.25, -0.2) is 9.29 Å². The molecule has 0 unspecified atom stereocenters. The number of halogens is 1. The molecule has 0 fully saturated rings. The van der Waals surface area contributed by atoms with E-state index >= 15 is 0 Å². The van der Waals surface area contributed by atoms with Gasteiger partial charge in [-0.3, -0.25) is 9.59 Å². The van der Waals surface area contributed by atoms with Crippen LogP contribution in [0, 0.1) is 19.7 Å². The maximum atomic E-state index is 13.4. The molecule has 0 bridgehead atoms. The molecule has 0 saturated heterocycles. The van der Waals surface area contributed by atoms with Crippen molar-refractivity contribution < 1.29 is 18.7 Å². The average Bonchev–Trinajstić information content (AvgIpc) is 3.00. The Labute approximate surface area is 179 Å². The number of nitrogens with zero attached hydrogens (tertiary/aromatic N) is 1. The van der Waals surface area contributed by atoms with E-state index in [1.165, 1.54) is 24.3 Å². The van der Waals surface area contributed by atoms with Crippen LogP contribution < -0.4 is 15.0 Å². The molecule has 1 aliphatic rings. The Kier molecular flexibility index (Phi) is 5.29. The van der Waals surface area contributed by atoms with E-state index in [4.69, 9.17) is 4.74 Å². The Morgan fingerprint density at radius 1 is 0.871 bits per heavy atom. The first kappa shape index (κ1) is 20.3. The highest BCUT2D eigenvalue weighted by molar-refractivity contribution is 6.46. The van der Waals surface area contributed by atoms with Crippen LogP contribution in [0.5, 0.6) is 5.75 Å². The minimum Gasteiger partial charge on any atom is -0.497 e. The minimum absolute atomic E-state index is 0.158. The second-order valence-corrected chi connectivity index (χ2v) is 7.33. The van der Waals surface area contributed by atoms with E-state index in [-0.39, 0.29) is 11.3 Å². The number of methoxy groups -OCH3 is 1. The first-order valence-electron chi connectivity index (χ1n) is 9.76. The zero-order chi connectivity index (χ0) is 22.1. The zero-order valence-corrected chi connectivity index (χ0v) is 17.4. The number of anilines is 2. The molecule has 0 aliphatic carbocycles. The predicted molar refractivity (Wildman–Crippen MR) is 118 cm³/mol. The van der Waals surface area contributed by atoms with Gasteiger partial charge in [0.05, 0.1) is 18.4 Å². The number of carbonyl (C=O) groups excluding carboxylic acids is 2. The largest absolute Gasteiger partial charge is 0.497 e. The number of carbonyl (C=O) groups is 2. The molecule has 5 nitrogen and oxygen atoms in total. The second kappa shape index (κ2) is 8.07. The summed E-state index contributed by atoms with van der Waals surface area (Å²) < 4.78 is 18.7. The lowest BCUT2D eigenvalue weighted by atomic mass is 9.99. The highest BCUT2D eigenvalue weighted by Crippen LogP contribution is 2.34. The van der Waals surface area contributed by atoms with E-state index in [1.807, 2.05) is 32.0 Å². The lowest BCUT2D eigenvalue weighted by Crippen LogP contribution is -2.32. The van der Waals surface area contributed by atoms with E-state index in [2.05, 4.69) is 5.32 Å². The van der Waals surface area contributed by atoms with Crippen LogP contribution >= 0.6 is 0 Å². The van der Waals surface area contributed by atoms with Crippen LogP contribution in [0.25, 0.3) is 5.57 Å². The van der Waals surface area contributed by atoms with E-state index in [0.29, 0.717) is 22.7 Å². The van der Waals surface area contributed by atoms with Crippen molar-refractivity contribution in [2.45, 2.75) is 13.8 Å². The number of nitrogens with one attached hydrogen (secondary N) is 1. The maximum Gasteiger partial charge on any atom is 0.282 e. The van der Waals surface area contributed by atoms with Gasteiger partial charge < -0.3 is 10.1 Å². The monoisotopic (exact) mass is 416 g/mol. The third kappa shape index (κ3) is 3.80. The number of hydrogen-bond acceptors (Lipinski definition) is 4. The molecule has 0 radical (unpaired) electrons. The molecule has 31 heavy (non-hydrogen) atoms. The molecule has 6 heteroatoms. The van der Waals surface area contributed by atoms with Gasteiger partial charge in [0.2, 0.25) is 0 Å². The Balaban J connectivity index is 1.83. The summed E-state index contributed by atoms with van der Waals surface area (Å²) in [5.74, 6) is -0.802. The lowest BCUT2D eigenvalue weighted by Gasteiger charge is -2.15. The Hall–Kier alpha value is -3.93. The number of rotatable bonds is 5. The first-order chi connectivity index (χ1) is 14.9. The molecular weight excluding hydrogens is 395 g/mol. The van der Waals surface area contributed by atoms with Crippen LogP contribution in [0.4, 0.5) is 15.8 Å². The molecule has 3 aromatic carbocycles. The Bertz CT molecular complexity index is 1220. The Morgan fingerprint density at radius 2 is 1.61 bits per heavy atom. The van der Waals surface area contributed by atoms with E-state index in [0.717, 1.165) is 16.0 Å². The van der Waals surface area contributed by atoms with Crippen LogP contribution in [-0.2, 0) is 9.59 Å². The van der Waals surface area contributed by atoms with Crippen molar-refractivity contribution in [1.82, 2.24) is 0 Å². The molecule has 1 N–H and O–H groups in total. The second-order valence-electron chi connectivity index (χ2n) is 7.33. The SMILES string of the molecule is COc1cccc(NC2=C(c3ccc(C)c(C)c3)C(=O)N(c3ccc(F)cc3)C2=O)c1. The average molecular weight is 416 g/mol. The summed E-state index contributed by atoms with van der Waals surface area (Å²) in [5.41, 5.74) is 4.06. The predicted octanol–water partition coefficient (Wildman–Crippen LogP) is 4.85. The number of ether oxygens (including phenoxy) is 1. The molecule has 0 spiro atoms. The highest BCUT2D eigenvalue weighted by Gasteiger charge is 2.40. The molecule has 0 atom stereocenters. The molecule has 3 aromatic rings. The van der Waals surface area contributed by atoms with Crippen molar-refractivity contribution >= 4 is 28.8 Å². The van der Waals surface area contributed by atoms with Crippen LogP contribution in [0.3, 0.4) is 0 Å². The third-order valence-electron chi connectivity index (χ3n) is 5.30. The smallest absolute Gasteiger partial charge is 0.282 e. The van der Waals surface area contributed by atoms with Crippen molar-refractivity contribution in [3.05, 3.63) is 94.9 Å². The number of amides is 2. The minimum atomic E-state index is -0.507. The molecule has 1 heterocycles. The molecule has 156 valence electrons. The van der Waals surface area contributed by atoms with Crippen LogP contribution in [0.1, 0.15) is 16.7 Å². The van der Waals surface area contributed by atoms with Gasteiger partial charge in [0.15, 0.2) is 0 Å². The van der Waals surface area contributed by atoms with Crippen LogP contribution in [0.15, 0.2) is 72.4 Å². The summed E-state index contributed by atoms with van der Waals surface area (Å²) in [6.07, 6.45) is 0. The van der Waals surface area contributed by atoms with E-state index < -0.39 is 17.6 Å². The van der Waals surface area contributed by atoms with Crippen molar-refractivity contribution in [2.24, 2.45) is 0 Å². The molecule has 0 saturated carbocycles. The summed E-state index contributed by atoms with van der Waals surface area (Å²) in [5, 5.41) is 3.10. The lowest BCUT2D eigenvalue weighted by molar-refractivity contribution is -0.120. The van der Waals surface area contributed by atoms with Crippen molar-refractivity contribution in [3.63, 3.8) is 0 Å². The van der Waals surface area contributed by atoms with Crippen molar-refractivity contribution in [3.8, 4) is 5.75 Å². The topological polar surface area (TPSA) is 58.6 Å². The molecule has 2 amide bonds. The summed E-state index contributed by atoms with van der Waals surface area (Å²) in [6, 6.07) is 18.0. The summed E-state index contributed by atoms with van der Waals surface area (Å²) in [7, 11) is 1.55. The van der Waals surface area contributed by atoms with Gasteiger partial charge in [-0.1, -0.05) is 24.3 Å². The number of aryl methyl sites for hydroxylation is 2. The summed E-state index contributed by atoms with van der Waals surface area (Å²) in [4.78, 5) is 27.8. The normalized spacial score (nSPS) is 13.7. The standard InChI is InChI=1S/C25H21FN2O3/c1-15-7-8-17(13-16(15)2)22-23(27-19-5-4-6-21(14-19)31-3)25(30)28(24(22)29)20-11-9-18(26)10-12-20/h4-14,27H,1-3H3. The van der Waals surface area contributed by atoms with Gasteiger partial charge in [0, 0.05) is 11.8 Å². The highest BCUT2D eigenvalue weighted by atomic mass is 19.1. The van der Waals surface area contributed by atoms with Crippen molar-refractivity contribution in [2.75, 3.05) is 17.3 Å². The number of hydrogen-bond donors (Lipinski definition) is 1. The Morgan fingerprint density at radius 3 is 2.29 bits per heavy atom. The van der Waals surface area contributed by atoms with Crippen LogP contribution in [0.2, 0.25) is 0 Å². The molecule has 0 aromatic heterocycles. The molecule has 4 rings (SSSR count).